The zero-order chi connectivity index (χ0) is 18.8. The second-order valence-corrected chi connectivity index (χ2v) is 8.00. The number of rotatable bonds is 4. The van der Waals surface area contributed by atoms with Gasteiger partial charge >= 0.3 is 0 Å². The van der Waals surface area contributed by atoms with Crippen molar-refractivity contribution in [2.45, 2.75) is 26.7 Å². The van der Waals surface area contributed by atoms with E-state index in [9.17, 15) is 14.7 Å². The second-order valence-electron chi connectivity index (χ2n) is 5.99. The molecule has 0 atom stereocenters. The summed E-state index contributed by atoms with van der Waals surface area (Å²) in [6.45, 7) is 5.47. The smallest absolute Gasteiger partial charge is 0.264 e. The van der Waals surface area contributed by atoms with Crippen molar-refractivity contribution < 1.29 is 14.7 Å². The Morgan fingerprint density at radius 3 is 2.58 bits per heavy atom. The summed E-state index contributed by atoms with van der Waals surface area (Å²) in [6, 6.07) is 6.57. The lowest BCUT2D eigenvalue weighted by molar-refractivity contribution is -0.115. The predicted octanol–water partition coefficient (Wildman–Crippen LogP) is 4.07. The molecule has 1 saturated heterocycles. The molecule has 1 aromatic carbocycles. The van der Waals surface area contributed by atoms with Gasteiger partial charge in [0, 0.05) is 6.92 Å². The number of phenolic OH excluding ortho intramolecular Hbond substituents is 1. The van der Waals surface area contributed by atoms with E-state index in [-0.39, 0.29) is 23.4 Å². The first-order valence-corrected chi connectivity index (χ1v) is 9.57. The molecule has 2 aromatic rings. The minimum Gasteiger partial charge on any atom is -0.508 e. The first kappa shape index (κ1) is 18.3. The number of benzene rings is 1. The van der Waals surface area contributed by atoms with Crippen molar-refractivity contribution >= 4 is 51.2 Å². The standard InChI is InChI=1S/C18H17N3O3S2/c1-9(2)14-15(10(3)22)26-17(19-14)21-18-20-16(24)13(25-18)8-11-4-6-12(23)7-5-11/h4-9,23H,1-3H3,(H,19,20,21,24)/b13-8-. The lowest BCUT2D eigenvalue weighted by atomic mass is 10.1. The van der Waals surface area contributed by atoms with E-state index in [1.54, 1.807) is 30.3 Å². The van der Waals surface area contributed by atoms with Crippen molar-refractivity contribution in [3.8, 4) is 5.75 Å². The van der Waals surface area contributed by atoms with Gasteiger partial charge in [-0.1, -0.05) is 37.3 Å². The Kier molecular flexibility index (Phi) is 5.24. The van der Waals surface area contributed by atoms with Gasteiger partial charge in [0.25, 0.3) is 5.91 Å². The van der Waals surface area contributed by atoms with Crippen LogP contribution in [0.1, 0.15) is 47.6 Å². The van der Waals surface area contributed by atoms with Crippen molar-refractivity contribution in [1.29, 1.82) is 0 Å². The number of thioether (sulfide) groups is 1. The van der Waals surface area contributed by atoms with Crippen LogP contribution in [-0.2, 0) is 4.79 Å². The predicted molar refractivity (Wildman–Crippen MR) is 105 cm³/mol. The molecule has 6 nitrogen and oxygen atoms in total. The summed E-state index contributed by atoms with van der Waals surface area (Å²) < 4.78 is 0. The van der Waals surface area contributed by atoms with Crippen LogP contribution >= 0.6 is 23.1 Å². The Balaban J connectivity index is 1.85. The first-order chi connectivity index (χ1) is 12.3. The van der Waals surface area contributed by atoms with E-state index >= 15 is 0 Å². The lowest BCUT2D eigenvalue weighted by Gasteiger charge is -2.00. The summed E-state index contributed by atoms with van der Waals surface area (Å²) in [5, 5.41) is 12.9. The number of aromatic nitrogens is 1. The van der Waals surface area contributed by atoms with E-state index in [1.807, 2.05) is 13.8 Å². The summed E-state index contributed by atoms with van der Waals surface area (Å²) in [5.41, 5.74) is 1.54. The van der Waals surface area contributed by atoms with Crippen LogP contribution in [-0.4, -0.2) is 26.9 Å². The van der Waals surface area contributed by atoms with Crippen LogP contribution < -0.4 is 5.32 Å². The number of amidine groups is 1. The normalized spacial score (nSPS) is 17.3. The molecule has 2 N–H and O–H groups in total. The Hall–Kier alpha value is -2.45. The Morgan fingerprint density at radius 1 is 1.31 bits per heavy atom. The molecule has 1 aliphatic rings. The summed E-state index contributed by atoms with van der Waals surface area (Å²) in [6.07, 6.45) is 1.73. The van der Waals surface area contributed by atoms with Gasteiger partial charge in [-0.05, 0) is 41.5 Å². The number of aromatic hydroxyl groups is 1. The molecule has 134 valence electrons. The van der Waals surface area contributed by atoms with Crippen molar-refractivity contribution in [2.24, 2.45) is 4.99 Å². The molecule has 8 heteroatoms. The number of Topliss-reactive ketones (excluding diaryl/α,β-unsaturated/α-hetero) is 1. The van der Waals surface area contributed by atoms with Gasteiger partial charge in [0.05, 0.1) is 15.5 Å². The Labute approximate surface area is 159 Å². The van der Waals surface area contributed by atoms with Crippen LogP contribution in [0.15, 0.2) is 34.2 Å². The maximum Gasteiger partial charge on any atom is 0.264 e. The van der Waals surface area contributed by atoms with Crippen molar-refractivity contribution in [2.75, 3.05) is 0 Å². The van der Waals surface area contributed by atoms with Gasteiger partial charge in [-0.25, -0.2) is 4.98 Å². The molecule has 0 bridgehead atoms. The first-order valence-electron chi connectivity index (χ1n) is 7.93. The number of carbonyl (C=O) groups is 2. The number of carbonyl (C=O) groups excluding carboxylic acids is 2. The molecule has 1 amide bonds. The van der Waals surface area contributed by atoms with Crippen LogP contribution in [0, 0.1) is 0 Å². The van der Waals surface area contributed by atoms with E-state index in [0.717, 1.165) is 11.3 Å². The fourth-order valence-corrected chi connectivity index (χ4v) is 4.17. The molecule has 3 rings (SSSR count). The second kappa shape index (κ2) is 7.43. The van der Waals surface area contributed by atoms with Gasteiger partial charge in [-0.2, -0.15) is 4.99 Å². The summed E-state index contributed by atoms with van der Waals surface area (Å²) >= 11 is 2.45. The molecule has 1 aromatic heterocycles. The highest BCUT2D eigenvalue weighted by atomic mass is 32.2. The third kappa shape index (κ3) is 4.03. The van der Waals surface area contributed by atoms with Crippen LogP contribution in [0.2, 0.25) is 0 Å². The van der Waals surface area contributed by atoms with Crippen LogP contribution in [0.3, 0.4) is 0 Å². The fraction of sp³-hybridized carbons (Fsp3) is 0.222. The summed E-state index contributed by atoms with van der Waals surface area (Å²) in [7, 11) is 0. The number of hydrogen-bond donors (Lipinski definition) is 2. The molecule has 0 unspecified atom stereocenters. The van der Waals surface area contributed by atoms with Gasteiger partial charge in [0.1, 0.15) is 5.75 Å². The quantitative estimate of drug-likeness (QED) is 0.610. The number of nitrogens with zero attached hydrogens (tertiary/aromatic N) is 2. The molecule has 1 fully saturated rings. The molecule has 1 aliphatic heterocycles. The van der Waals surface area contributed by atoms with E-state index in [1.165, 1.54) is 30.0 Å². The van der Waals surface area contributed by atoms with E-state index in [0.29, 0.717) is 20.1 Å². The molecule has 2 heterocycles. The van der Waals surface area contributed by atoms with E-state index in [2.05, 4.69) is 15.3 Å². The Morgan fingerprint density at radius 2 is 2.00 bits per heavy atom. The maximum atomic E-state index is 12.1. The fourth-order valence-electron chi connectivity index (χ4n) is 2.30. The minimum atomic E-state index is -0.241. The molecular weight excluding hydrogens is 370 g/mol. The number of thiazole rings is 1. The minimum absolute atomic E-state index is 0.0336. The molecule has 0 radical (unpaired) electrons. The van der Waals surface area contributed by atoms with Crippen molar-refractivity contribution in [1.82, 2.24) is 10.3 Å². The number of ketones is 1. The van der Waals surface area contributed by atoms with Gasteiger partial charge in [-0.3, -0.25) is 9.59 Å². The number of aliphatic imine (C=N–C) groups is 1. The van der Waals surface area contributed by atoms with Crippen LogP contribution in [0.4, 0.5) is 5.13 Å². The van der Waals surface area contributed by atoms with Gasteiger partial charge in [0.15, 0.2) is 11.0 Å². The lowest BCUT2D eigenvalue weighted by Crippen LogP contribution is -2.19. The average Bonchev–Trinajstić information content (AvgIpc) is 3.14. The van der Waals surface area contributed by atoms with E-state index < -0.39 is 0 Å². The highest BCUT2D eigenvalue weighted by Crippen LogP contribution is 2.33. The molecule has 0 saturated carbocycles. The SMILES string of the molecule is CC(=O)c1sc(/N=C2\NC(=O)/C(=C/c3ccc(O)cc3)S2)nc1C(C)C. The summed E-state index contributed by atoms with van der Waals surface area (Å²) in [4.78, 5) is 33.8. The Bertz CT molecular complexity index is 928. The summed E-state index contributed by atoms with van der Waals surface area (Å²) in [5.74, 6) is 0.0155. The molecule has 26 heavy (non-hydrogen) atoms. The molecular formula is C18H17N3O3S2. The van der Waals surface area contributed by atoms with Gasteiger partial charge < -0.3 is 10.4 Å². The largest absolute Gasteiger partial charge is 0.508 e. The zero-order valence-electron chi connectivity index (χ0n) is 14.4. The number of phenols is 1. The third-order valence-corrected chi connectivity index (χ3v) is 5.52. The number of amides is 1. The van der Waals surface area contributed by atoms with Crippen molar-refractivity contribution in [3.05, 3.63) is 45.3 Å². The number of nitrogens with one attached hydrogen (secondary N) is 1. The monoisotopic (exact) mass is 387 g/mol. The topological polar surface area (TPSA) is 91.7 Å². The highest BCUT2D eigenvalue weighted by molar-refractivity contribution is 8.18. The molecule has 0 spiro atoms. The maximum absolute atomic E-state index is 12.1. The zero-order valence-corrected chi connectivity index (χ0v) is 16.1. The number of hydrogen-bond acceptors (Lipinski definition) is 7. The van der Waals surface area contributed by atoms with Crippen LogP contribution in [0.5, 0.6) is 5.75 Å². The molecule has 0 aliphatic carbocycles. The van der Waals surface area contributed by atoms with Crippen molar-refractivity contribution in [3.63, 3.8) is 0 Å². The van der Waals surface area contributed by atoms with Crippen LogP contribution in [0.25, 0.3) is 6.08 Å². The third-order valence-electron chi connectivity index (χ3n) is 3.55. The van der Waals surface area contributed by atoms with E-state index in [4.69, 9.17) is 0 Å². The highest BCUT2D eigenvalue weighted by Gasteiger charge is 2.25. The van der Waals surface area contributed by atoms with Gasteiger partial charge in [-0.15, -0.1) is 0 Å². The van der Waals surface area contributed by atoms with Gasteiger partial charge in [0.2, 0.25) is 5.13 Å². The average molecular weight is 387 g/mol.